The molecular formula is C12H9Cl2N5O. The largest absolute Gasteiger partial charge is 0.497 e. The number of anilines is 2. The van der Waals surface area contributed by atoms with Crippen LogP contribution in [0.5, 0.6) is 5.75 Å². The molecule has 0 saturated carbocycles. The molecule has 0 atom stereocenters. The van der Waals surface area contributed by atoms with Crippen LogP contribution >= 0.6 is 23.2 Å². The van der Waals surface area contributed by atoms with Crippen LogP contribution in [0, 0.1) is 0 Å². The van der Waals surface area contributed by atoms with E-state index in [9.17, 15) is 0 Å². The lowest BCUT2D eigenvalue weighted by Crippen LogP contribution is -1.97. The molecule has 6 nitrogen and oxygen atoms in total. The van der Waals surface area contributed by atoms with Gasteiger partial charge >= 0.3 is 0 Å². The number of benzene rings is 1. The van der Waals surface area contributed by atoms with Crippen LogP contribution < -0.4 is 10.1 Å². The fourth-order valence-corrected chi connectivity index (χ4v) is 2.09. The standard InChI is InChI=1S/C12H9Cl2N5O/c1-20-6-2-3-8(13)9(4-6)16-10-7-5-15-19-11(7)18-12(14)17-10/h2-5H,1H3,(H2,15,16,17,18,19). The van der Waals surface area contributed by atoms with E-state index in [1.807, 2.05) is 0 Å². The molecule has 0 bridgehead atoms. The van der Waals surface area contributed by atoms with E-state index in [2.05, 4.69) is 25.5 Å². The molecule has 0 radical (unpaired) electrons. The maximum Gasteiger partial charge on any atom is 0.226 e. The molecule has 8 heteroatoms. The van der Waals surface area contributed by atoms with Crippen LogP contribution in [-0.2, 0) is 0 Å². The van der Waals surface area contributed by atoms with E-state index in [0.717, 1.165) is 0 Å². The summed E-state index contributed by atoms with van der Waals surface area (Å²) in [6, 6.07) is 5.27. The van der Waals surface area contributed by atoms with E-state index in [-0.39, 0.29) is 5.28 Å². The van der Waals surface area contributed by atoms with Gasteiger partial charge in [-0.15, -0.1) is 0 Å². The molecule has 0 saturated heterocycles. The van der Waals surface area contributed by atoms with Crippen molar-refractivity contribution in [1.29, 1.82) is 0 Å². The van der Waals surface area contributed by atoms with E-state index in [4.69, 9.17) is 27.9 Å². The quantitative estimate of drug-likeness (QED) is 0.725. The lowest BCUT2D eigenvalue weighted by Gasteiger charge is -2.10. The van der Waals surface area contributed by atoms with Crippen molar-refractivity contribution in [2.75, 3.05) is 12.4 Å². The van der Waals surface area contributed by atoms with Gasteiger partial charge in [-0.2, -0.15) is 15.1 Å². The van der Waals surface area contributed by atoms with Crippen LogP contribution in [0.25, 0.3) is 11.0 Å². The zero-order valence-electron chi connectivity index (χ0n) is 10.3. The number of ether oxygens (including phenoxy) is 1. The first kappa shape index (κ1) is 13.0. The Morgan fingerprint density at radius 1 is 1.25 bits per heavy atom. The van der Waals surface area contributed by atoms with Crippen molar-refractivity contribution < 1.29 is 4.74 Å². The monoisotopic (exact) mass is 309 g/mol. The van der Waals surface area contributed by atoms with Crippen LogP contribution in [0.2, 0.25) is 10.3 Å². The summed E-state index contributed by atoms with van der Waals surface area (Å²) in [5.74, 6) is 1.20. The molecule has 0 fully saturated rings. The summed E-state index contributed by atoms with van der Waals surface area (Å²) in [6.07, 6.45) is 1.61. The third-order valence-corrected chi connectivity index (χ3v) is 3.21. The van der Waals surface area contributed by atoms with Gasteiger partial charge in [0.05, 0.1) is 29.4 Å². The number of hydrogen-bond acceptors (Lipinski definition) is 5. The fraction of sp³-hybridized carbons (Fsp3) is 0.0833. The lowest BCUT2D eigenvalue weighted by atomic mass is 10.3. The molecule has 1 aromatic carbocycles. The van der Waals surface area contributed by atoms with E-state index < -0.39 is 0 Å². The third-order valence-electron chi connectivity index (χ3n) is 2.71. The van der Waals surface area contributed by atoms with Gasteiger partial charge in [-0.05, 0) is 23.7 Å². The summed E-state index contributed by atoms with van der Waals surface area (Å²) in [5.41, 5.74) is 1.20. The summed E-state index contributed by atoms with van der Waals surface area (Å²) < 4.78 is 5.17. The normalized spacial score (nSPS) is 10.8. The van der Waals surface area contributed by atoms with Crippen LogP contribution in [0.4, 0.5) is 11.5 Å². The van der Waals surface area contributed by atoms with Crippen molar-refractivity contribution in [3.63, 3.8) is 0 Å². The van der Waals surface area contributed by atoms with Crippen LogP contribution in [-0.4, -0.2) is 27.3 Å². The van der Waals surface area contributed by atoms with Crippen molar-refractivity contribution >= 4 is 45.7 Å². The predicted octanol–water partition coefficient (Wildman–Crippen LogP) is 3.41. The smallest absolute Gasteiger partial charge is 0.226 e. The molecule has 0 aliphatic rings. The zero-order valence-corrected chi connectivity index (χ0v) is 11.8. The summed E-state index contributed by atoms with van der Waals surface area (Å²) in [5, 5.41) is 11.1. The highest BCUT2D eigenvalue weighted by Crippen LogP contribution is 2.31. The highest BCUT2D eigenvalue weighted by Gasteiger charge is 2.11. The molecule has 0 aliphatic heterocycles. The van der Waals surface area contributed by atoms with E-state index in [0.29, 0.717) is 33.3 Å². The Kier molecular flexibility index (Phi) is 3.33. The average Bonchev–Trinajstić information content (AvgIpc) is 2.89. The number of H-pyrrole nitrogens is 1. The molecule has 3 aromatic rings. The maximum atomic E-state index is 6.15. The van der Waals surface area contributed by atoms with E-state index in [1.165, 1.54) is 0 Å². The molecule has 0 amide bonds. The van der Waals surface area contributed by atoms with E-state index in [1.54, 1.807) is 31.5 Å². The highest BCUT2D eigenvalue weighted by molar-refractivity contribution is 6.33. The van der Waals surface area contributed by atoms with Crippen LogP contribution in [0.3, 0.4) is 0 Å². The van der Waals surface area contributed by atoms with Gasteiger partial charge in [-0.25, -0.2) is 0 Å². The first-order chi connectivity index (χ1) is 9.67. The Balaban J connectivity index is 2.07. The van der Waals surface area contributed by atoms with E-state index >= 15 is 0 Å². The van der Waals surface area contributed by atoms with Gasteiger partial charge in [-0.1, -0.05) is 11.6 Å². The number of rotatable bonds is 3. The average molecular weight is 310 g/mol. The Hall–Kier alpha value is -2.05. The summed E-state index contributed by atoms with van der Waals surface area (Å²) in [7, 11) is 1.59. The predicted molar refractivity (Wildman–Crippen MR) is 78.0 cm³/mol. The van der Waals surface area contributed by atoms with Crippen molar-refractivity contribution in [3.05, 3.63) is 34.7 Å². The Bertz CT molecular complexity index is 774. The number of nitrogens with zero attached hydrogens (tertiary/aromatic N) is 3. The summed E-state index contributed by atoms with van der Waals surface area (Å²) in [6.45, 7) is 0. The van der Waals surface area contributed by atoms with Gasteiger partial charge in [0, 0.05) is 6.07 Å². The van der Waals surface area contributed by atoms with Crippen LogP contribution in [0.15, 0.2) is 24.4 Å². The maximum absolute atomic E-state index is 6.15. The molecular weight excluding hydrogens is 301 g/mol. The summed E-state index contributed by atoms with van der Waals surface area (Å²) >= 11 is 12.0. The molecule has 2 heterocycles. The zero-order chi connectivity index (χ0) is 14.1. The number of hydrogen-bond donors (Lipinski definition) is 2. The third kappa shape index (κ3) is 2.35. The van der Waals surface area contributed by atoms with Gasteiger partial charge in [0.2, 0.25) is 5.28 Å². The molecule has 2 aromatic heterocycles. The topological polar surface area (TPSA) is 75.7 Å². The van der Waals surface area contributed by atoms with Crippen molar-refractivity contribution in [2.45, 2.75) is 0 Å². The minimum absolute atomic E-state index is 0.114. The van der Waals surface area contributed by atoms with Crippen molar-refractivity contribution in [2.24, 2.45) is 0 Å². The van der Waals surface area contributed by atoms with Crippen molar-refractivity contribution in [3.8, 4) is 5.75 Å². The Labute approximate surface area is 124 Å². The number of fused-ring (bicyclic) bond motifs is 1. The number of halogens is 2. The lowest BCUT2D eigenvalue weighted by molar-refractivity contribution is 0.415. The minimum Gasteiger partial charge on any atom is -0.497 e. The SMILES string of the molecule is COc1ccc(Cl)c(Nc2nc(Cl)nc3[nH]ncc23)c1. The molecule has 102 valence electrons. The molecule has 0 aliphatic carbocycles. The number of nitrogens with one attached hydrogen (secondary N) is 2. The van der Waals surface area contributed by atoms with Gasteiger partial charge < -0.3 is 10.1 Å². The number of methoxy groups -OCH3 is 1. The van der Waals surface area contributed by atoms with Gasteiger partial charge in [-0.3, -0.25) is 5.10 Å². The number of aromatic nitrogens is 4. The van der Waals surface area contributed by atoms with Gasteiger partial charge in [0.1, 0.15) is 11.6 Å². The first-order valence-corrected chi connectivity index (χ1v) is 6.40. The first-order valence-electron chi connectivity index (χ1n) is 5.64. The summed E-state index contributed by atoms with van der Waals surface area (Å²) in [4.78, 5) is 8.18. The number of aromatic amines is 1. The van der Waals surface area contributed by atoms with Gasteiger partial charge in [0.15, 0.2) is 5.65 Å². The Morgan fingerprint density at radius 2 is 2.10 bits per heavy atom. The second-order valence-electron chi connectivity index (χ2n) is 3.94. The molecule has 20 heavy (non-hydrogen) atoms. The molecule has 2 N–H and O–H groups in total. The second kappa shape index (κ2) is 5.15. The van der Waals surface area contributed by atoms with Gasteiger partial charge in [0.25, 0.3) is 0 Å². The molecule has 0 unspecified atom stereocenters. The highest BCUT2D eigenvalue weighted by atomic mass is 35.5. The van der Waals surface area contributed by atoms with Crippen molar-refractivity contribution in [1.82, 2.24) is 20.2 Å². The fourth-order valence-electron chi connectivity index (χ4n) is 1.76. The second-order valence-corrected chi connectivity index (χ2v) is 4.69. The molecule has 0 spiro atoms. The minimum atomic E-state index is 0.114. The Morgan fingerprint density at radius 3 is 2.90 bits per heavy atom. The van der Waals surface area contributed by atoms with Crippen LogP contribution in [0.1, 0.15) is 0 Å². The molecule has 3 rings (SSSR count).